The van der Waals surface area contributed by atoms with Crippen molar-refractivity contribution in [2.45, 2.75) is 12.8 Å². The molecule has 2 atom stereocenters. The summed E-state index contributed by atoms with van der Waals surface area (Å²) < 4.78 is 0. The standard InChI is InChI=1S/C19H19N3O/c23-19(22-12-15-8-4-5-9-16(15)13-22)17-10-20-18(21-11-17)14-6-2-1-3-7-14/h1-7,10-11,15-16H,8-9,12-13H2/t15-,16-/m1/s1. The minimum absolute atomic E-state index is 0.0546. The lowest BCUT2D eigenvalue weighted by atomic mass is 9.86. The maximum Gasteiger partial charge on any atom is 0.257 e. The molecule has 0 saturated carbocycles. The van der Waals surface area contributed by atoms with Crippen LogP contribution in [0.1, 0.15) is 23.2 Å². The summed E-state index contributed by atoms with van der Waals surface area (Å²) in [6, 6.07) is 9.81. The normalized spacial score (nSPS) is 22.9. The lowest BCUT2D eigenvalue weighted by Gasteiger charge is -2.17. The molecule has 1 aromatic heterocycles. The van der Waals surface area contributed by atoms with Crippen LogP contribution < -0.4 is 0 Å². The van der Waals surface area contributed by atoms with Crippen LogP contribution >= 0.6 is 0 Å². The summed E-state index contributed by atoms with van der Waals surface area (Å²) in [7, 11) is 0. The van der Waals surface area contributed by atoms with Gasteiger partial charge in [-0.1, -0.05) is 42.5 Å². The van der Waals surface area contributed by atoms with E-state index in [1.165, 1.54) is 0 Å². The van der Waals surface area contributed by atoms with Gasteiger partial charge in [0.05, 0.1) is 5.56 Å². The number of amides is 1. The Labute approximate surface area is 135 Å². The minimum atomic E-state index is 0.0546. The molecule has 2 aromatic rings. The Bertz CT molecular complexity index is 708. The fourth-order valence-corrected chi connectivity index (χ4v) is 3.54. The van der Waals surface area contributed by atoms with Gasteiger partial charge in [0.15, 0.2) is 5.82 Å². The first-order chi connectivity index (χ1) is 11.3. The zero-order valence-corrected chi connectivity index (χ0v) is 12.9. The number of benzene rings is 1. The zero-order valence-electron chi connectivity index (χ0n) is 12.9. The van der Waals surface area contributed by atoms with E-state index >= 15 is 0 Å². The summed E-state index contributed by atoms with van der Waals surface area (Å²) in [6.45, 7) is 1.71. The Morgan fingerprint density at radius 1 is 0.957 bits per heavy atom. The molecule has 4 heteroatoms. The fraction of sp³-hybridized carbons (Fsp3) is 0.316. The Morgan fingerprint density at radius 2 is 1.57 bits per heavy atom. The first kappa shape index (κ1) is 14.1. The van der Waals surface area contributed by atoms with E-state index in [9.17, 15) is 4.79 Å². The van der Waals surface area contributed by atoms with Gasteiger partial charge in [-0.3, -0.25) is 4.79 Å². The van der Waals surface area contributed by atoms with E-state index in [1.54, 1.807) is 12.4 Å². The molecular formula is C19H19N3O. The quantitative estimate of drug-likeness (QED) is 0.801. The average molecular weight is 305 g/mol. The summed E-state index contributed by atoms with van der Waals surface area (Å²) >= 11 is 0. The molecular weight excluding hydrogens is 286 g/mol. The number of nitrogens with zero attached hydrogens (tertiary/aromatic N) is 3. The zero-order chi connectivity index (χ0) is 15.6. The summed E-state index contributed by atoms with van der Waals surface area (Å²) in [5.74, 6) is 1.95. The number of carbonyl (C=O) groups is 1. The number of carbonyl (C=O) groups excluding carboxylic acids is 1. The van der Waals surface area contributed by atoms with Crippen molar-refractivity contribution in [3.63, 3.8) is 0 Å². The van der Waals surface area contributed by atoms with Gasteiger partial charge in [0, 0.05) is 31.0 Å². The van der Waals surface area contributed by atoms with Crippen LogP contribution in [0.15, 0.2) is 54.9 Å². The Hall–Kier alpha value is -2.49. The van der Waals surface area contributed by atoms with Crippen LogP contribution in [0.25, 0.3) is 11.4 Å². The topological polar surface area (TPSA) is 46.1 Å². The van der Waals surface area contributed by atoms with E-state index in [0.29, 0.717) is 23.2 Å². The highest BCUT2D eigenvalue weighted by Gasteiger charge is 2.35. The number of rotatable bonds is 2. The third-order valence-electron chi connectivity index (χ3n) is 4.84. The van der Waals surface area contributed by atoms with Crippen LogP contribution in [0.2, 0.25) is 0 Å². The molecule has 0 unspecified atom stereocenters. The molecule has 1 aliphatic carbocycles. The second kappa shape index (κ2) is 5.95. The molecule has 0 N–H and O–H groups in total. The van der Waals surface area contributed by atoms with Crippen molar-refractivity contribution in [3.8, 4) is 11.4 Å². The van der Waals surface area contributed by atoms with Crippen LogP contribution in [0.3, 0.4) is 0 Å². The Balaban J connectivity index is 1.49. The number of allylic oxidation sites excluding steroid dienone is 2. The van der Waals surface area contributed by atoms with Crippen molar-refractivity contribution in [1.82, 2.24) is 14.9 Å². The number of fused-ring (bicyclic) bond motifs is 1. The number of likely N-dealkylation sites (tertiary alicyclic amines) is 1. The molecule has 0 bridgehead atoms. The highest BCUT2D eigenvalue weighted by atomic mass is 16.2. The van der Waals surface area contributed by atoms with Gasteiger partial charge in [-0.05, 0) is 24.7 Å². The van der Waals surface area contributed by atoms with Crippen LogP contribution in [0, 0.1) is 11.8 Å². The molecule has 2 aliphatic rings. The van der Waals surface area contributed by atoms with Crippen LogP contribution in [0.4, 0.5) is 0 Å². The first-order valence-electron chi connectivity index (χ1n) is 8.13. The molecule has 1 amide bonds. The number of hydrogen-bond acceptors (Lipinski definition) is 3. The fourth-order valence-electron chi connectivity index (χ4n) is 3.54. The molecule has 1 aliphatic heterocycles. The van der Waals surface area contributed by atoms with Gasteiger partial charge in [-0.2, -0.15) is 0 Å². The third-order valence-corrected chi connectivity index (χ3v) is 4.84. The summed E-state index contributed by atoms with van der Waals surface area (Å²) in [5.41, 5.74) is 1.54. The van der Waals surface area contributed by atoms with E-state index in [0.717, 1.165) is 31.5 Å². The number of hydrogen-bond donors (Lipinski definition) is 0. The molecule has 4 rings (SSSR count). The third kappa shape index (κ3) is 2.77. The lowest BCUT2D eigenvalue weighted by Crippen LogP contribution is -2.29. The molecule has 23 heavy (non-hydrogen) atoms. The van der Waals surface area contributed by atoms with Gasteiger partial charge in [0.2, 0.25) is 0 Å². The van der Waals surface area contributed by atoms with Crippen molar-refractivity contribution in [2.75, 3.05) is 13.1 Å². The Morgan fingerprint density at radius 3 is 2.17 bits per heavy atom. The molecule has 1 aromatic carbocycles. The highest BCUT2D eigenvalue weighted by molar-refractivity contribution is 5.94. The molecule has 4 nitrogen and oxygen atoms in total. The van der Waals surface area contributed by atoms with Gasteiger partial charge >= 0.3 is 0 Å². The van der Waals surface area contributed by atoms with E-state index in [1.807, 2.05) is 35.2 Å². The first-order valence-corrected chi connectivity index (χ1v) is 8.13. The van der Waals surface area contributed by atoms with Crippen molar-refractivity contribution in [3.05, 3.63) is 60.4 Å². The van der Waals surface area contributed by atoms with Crippen molar-refractivity contribution >= 4 is 5.91 Å². The van der Waals surface area contributed by atoms with Crippen LogP contribution in [-0.4, -0.2) is 33.9 Å². The monoisotopic (exact) mass is 305 g/mol. The molecule has 2 heterocycles. The van der Waals surface area contributed by atoms with Crippen LogP contribution in [0.5, 0.6) is 0 Å². The van der Waals surface area contributed by atoms with E-state index in [2.05, 4.69) is 22.1 Å². The van der Waals surface area contributed by atoms with Gasteiger partial charge in [0.1, 0.15) is 0 Å². The second-order valence-corrected chi connectivity index (χ2v) is 6.33. The summed E-state index contributed by atoms with van der Waals surface area (Å²) in [6.07, 6.45) is 9.98. The van der Waals surface area contributed by atoms with Crippen LogP contribution in [-0.2, 0) is 0 Å². The lowest BCUT2D eigenvalue weighted by molar-refractivity contribution is 0.0783. The smallest absolute Gasteiger partial charge is 0.257 e. The molecule has 116 valence electrons. The van der Waals surface area contributed by atoms with Gasteiger partial charge in [-0.25, -0.2) is 9.97 Å². The van der Waals surface area contributed by atoms with E-state index < -0.39 is 0 Å². The largest absolute Gasteiger partial charge is 0.338 e. The second-order valence-electron chi connectivity index (χ2n) is 6.33. The average Bonchev–Trinajstić information content (AvgIpc) is 3.06. The molecule has 0 spiro atoms. The summed E-state index contributed by atoms with van der Waals surface area (Å²) in [5, 5.41) is 0. The van der Waals surface area contributed by atoms with Crippen molar-refractivity contribution < 1.29 is 4.79 Å². The molecule has 1 saturated heterocycles. The van der Waals surface area contributed by atoms with E-state index in [-0.39, 0.29) is 5.91 Å². The highest BCUT2D eigenvalue weighted by Crippen LogP contribution is 2.33. The molecule has 1 fully saturated rings. The SMILES string of the molecule is O=C(c1cnc(-c2ccccc2)nc1)N1C[C@H]2CC=CC[C@@H]2C1. The van der Waals surface area contributed by atoms with Crippen molar-refractivity contribution in [2.24, 2.45) is 11.8 Å². The molecule has 0 radical (unpaired) electrons. The van der Waals surface area contributed by atoms with Gasteiger partial charge in [-0.15, -0.1) is 0 Å². The number of aromatic nitrogens is 2. The maximum atomic E-state index is 12.7. The predicted octanol–water partition coefficient (Wildman–Crippen LogP) is 3.18. The predicted molar refractivity (Wildman–Crippen MR) is 88.7 cm³/mol. The van der Waals surface area contributed by atoms with Gasteiger partial charge < -0.3 is 4.90 Å². The van der Waals surface area contributed by atoms with E-state index in [4.69, 9.17) is 0 Å². The Kier molecular flexibility index (Phi) is 3.66. The summed E-state index contributed by atoms with van der Waals surface area (Å²) in [4.78, 5) is 23.3. The maximum absolute atomic E-state index is 12.7. The minimum Gasteiger partial charge on any atom is -0.338 e. The van der Waals surface area contributed by atoms with Crippen molar-refractivity contribution in [1.29, 1.82) is 0 Å². The van der Waals surface area contributed by atoms with Gasteiger partial charge in [0.25, 0.3) is 5.91 Å².